The van der Waals surface area contributed by atoms with Crippen molar-refractivity contribution in [3.63, 3.8) is 0 Å². The van der Waals surface area contributed by atoms with Gasteiger partial charge < -0.3 is 5.73 Å². The first-order valence-corrected chi connectivity index (χ1v) is 6.70. The summed E-state index contributed by atoms with van der Waals surface area (Å²) in [4.78, 5) is 23.5. The average molecular weight is 285 g/mol. The highest BCUT2D eigenvalue weighted by molar-refractivity contribution is 6.24. The van der Waals surface area contributed by atoms with Crippen LogP contribution < -0.4 is 16.6 Å². The lowest BCUT2D eigenvalue weighted by molar-refractivity contribution is 0.104. The lowest BCUT2D eigenvalue weighted by Crippen LogP contribution is -2.34. The molecule has 1 aliphatic carbocycles. The summed E-state index contributed by atoms with van der Waals surface area (Å²) in [6, 6.07) is 4.62. The fourth-order valence-corrected chi connectivity index (χ4v) is 2.60. The van der Waals surface area contributed by atoms with Crippen LogP contribution in [0.2, 0.25) is 0 Å². The Hall–Kier alpha value is -2.83. The van der Waals surface area contributed by atoms with E-state index in [2.05, 4.69) is 21.0 Å². The predicted molar refractivity (Wildman–Crippen MR) is 77.8 cm³/mol. The maximum atomic E-state index is 12.7. The van der Waals surface area contributed by atoms with Gasteiger partial charge in [-0.05, 0) is 12.5 Å². The van der Waals surface area contributed by atoms with E-state index >= 15 is 0 Å². The van der Waals surface area contributed by atoms with Gasteiger partial charge in [-0.25, -0.2) is 4.79 Å². The van der Waals surface area contributed by atoms with Crippen molar-refractivity contribution in [3.05, 3.63) is 35.0 Å². The summed E-state index contributed by atoms with van der Waals surface area (Å²) < 4.78 is 0. The third-order valence-electron chi connectivity index (χ3n) is 3.44. The maximum absolute atomic E-state index is 12.7. The van der Waals surface area contributed by atoms with Gasteiger partial charge in [0, 0.05) is 11.3 Å². The van der Waals surface area contributed by atoms with Crippen LogP contribution in [-0.4, -0.2) is 22.0 Å². The Balaban J connectivity index is 2.05. The number of primary amides is 1. The number of carbonyl (C=O) groups excluding carboxylic acids is 2. The van der Waals surface area contributed by atoms with Crippen molar-refractivity contribution >= 4 is 17.5 Å². The molecular formula is C14H15N5O2. The largest absolute Gasteiger partial charge is 0.350 e. The molecule has 1 aromatic heterocycles. The van der Waals surface area contributed by atoms with E-state index in [0.717, 1.165) is 24.1 Å². The molecule has 0 bridgehead atoms. The molecule has 0 spiro atoms. The molecule has 1 heterocycles. The number of rotatable bonds is 4. The lowest BCUT2D eigenvalue weighted by Gasteiger charge is -2.10. The Morgan fingerprint density at radius 3 is 2.90 bits per heavy atom. The Labute approximate surface area is 120 Å². The number of urea groups is 1. The molecule has 7 heteroatoms. The van der Waals surface area contributed by atoms with Crippen molar-refractivity contribution in [2.24, 2.45) is 5.73 Å². The van der Waals surface area contributed by atoms with Crippen LogP contribution in [0.5, 0.6) is 0 Å². The molecular weight excluding hydrogens is 270 g/mol. The number of anilines is 1. The zero-order valence-corrected chi connectivity index (χ0v) is 11.5. The molecule has 0 unspecified atom stereocenters. The number of fused-ring (bicyclic) bond motifs is 3. The van der Waals surface area contributed by atoms with Crippen LogP contribution in [0.1, 0.15) is 35.0 Å². The van der Waals surface area contributed by atoms with Crippen LogP contribution in [-0.2, 0) is 6.42 Å². The first-order chi connectivity index (χ1) is 10.1. The normalized spacial score (nSPS) is 12.0. The van der Waals surface area contributed by atoms with Crippen molar-refractivity contribution in [1.29, 1.82) is 0 Å². The molecule has 1 aromatic carbocycles. The van der Waals surface area contributed by atoms with Crippen molar-refractivity contribution in [3.8, 4) is 11.3 Å². The van der Waals surface area contributed by atoms with Crippen LogP contribution >= 0.6 is 0 Å². The highest BCUT2D eigenvalue weighted by Gasteiger charge is 2.34. The van der Waals surface area contributed by atoms with E-state index in [1.54, 1.807) is 12.1 Å². The number of amides is 2. The fraction of sp³-hybridized carbons (Fsp3) is 0.214. The third kappa shape index (κ3) is 2.03. The predicted octanol–water partition coefficient (Wildman–Crippen LogP) is 1.57. The van der Waals surface area contributed by atoms with E-state index in [1.807, 2.05) is 13.0 Å². The summed E-state index contributed by atoms with van der Waals surface area (Å²) in [6.45, 7) is 2.05. The highest BCUT2D eigenvalue weighted by atomic mass is 16.2. The molecule has 2 aromatic rings. The van der Waals surface area contributed by atoms with E-state index < -0.39 is 6.03 Å². The topological polar surface area (TPSA) is 113 Å². The number of ketones is 1. The fourth-order valence-electron chi connectivity index (χ4n) is 2.60. The van der Waals surface area contributed by atoms with Gasteiger partial charge in [-0.2, -0.15) is 5.10 Å². The second kappa shape index (κ2) is 4.93. The maximum Gasteiger partial charge on any atom is 0.330 e. The minimum Gasteiger partial charge on any atom is -0.350 e. The van der Waals surface area contributed by atoms with Crippen molar-refractivity contribution in [2.45, 2.75) is 19.8 Å². The Morgan fingerprint density at radius 1 is 1.38 bits per heavy atom. The molecule has 0 atom stereocenters. The molecule has 3 rings (SSSR count). The molecule has 0 saturated carbocycles. The van der Waals surface area contributed by atoms with Gasteiger partial charge in [0.25, 0.3) is 0 Å². The Morgan fingerprint density at radius 2 is 2.19 bits per heavy atom. The summed E-state index contributed by atoms with van der Waals surface area (Å²) in [6.07, 6.45) is 1.69. The van der Waals surface area contributed by atoms with Gasteiger partial charge in [0.1, 0.15) is 5.69 Å². The van der Waals surface area contributed by atoms with Crippen molar-refractivity contribution < 1.29 is 9.59 Å². The SMILES string of the molecule is CCCc1[nH]nc2c1C(=O)c1c(NNC(N)=O)cccc1-2. The second-order valence-corrected chi connectivity index (χ2v) is 4.85. The van der Waals surface area contributed by atoms with Gasteiger partial charge in [0.15, 0.2) is 5.78 Å². The molecule has 0 aliphatic heterocycles. The smallest absolute Gasteiger partial charge is 0.330 e. The van der Waals surface area contributed by atoms with Crippen LogP contribution in [0, 0.1) is 0 Å². The molecule has 7 nitrogen and oxygen atoms in total. The monoisotopic (exact) mass is 285 g/mol. The van der Waals surface area contributed by atoms with Gasteiger partial charge >= 0.3 is 6.03 Å². The molecule has 0 radical (unpaired) electrons. The summed E-state index contributed by atoms with van der Waals surface area (Å²) in [5.41, 5.74) is 13.9. The number of aromatic nitrogens is 2. The third-order valence-corrected chi connectivity index (χ3v) is 3.44. The van der Waals surface area contributed by atoms with E-state index in [1.165, 1.54) is 0 Å². The molecule has 5 N–H and O–H groups in total. The molecule has 2 amide bonds. The molecule has 108 valence electrons. The van der Waals surface area contributed by atoms with Crippen molar-refractivity contribution in [2.75, 3.05) is 5.43 Å². The number of aromatic amines is 1. The Bertz CT molecular complexity index is 735. The van der Waals surface area contributed by atoms with Crippen LogP contribution in [0.15, 0.2) is 18.2 Å². The van der Waals surface area contributed by atoms with Gasteiger partial charge in [-0.3, -0.25) is 20.7 Å². The van der Waals surface area contributed by atoms with E-state index in [0.29, 0.717) is 22.5 Å². The molecule has 0 fully saturated rings. The first kappa shape index (κ1) is 13.2. The number of H-pyrrole nitrogens is 1. The number of aryl methyl sites for hydroxylation is 1. The van der Waals surface area contributed by atoms with Crippen molar-refractivity contribution in [1.82, 2.24) is 15.6 Å². The second-order valence-electron chi connectivity index (χ2n) is 4.85. The minimum absolute atomic E-state index is 0.0911. The van der Waals surface area contributed by atoms with Gasteiger partial charge in [0.05, 0.1) is 16.8 Å². The van der Waals surface area contributed by atoms with Crippen LogP contribution in [0.4, 0.5) is 10.5 Å². The number of nitrogens with two attached hydrogens (primary N) is 1. The zero-order valence-electron chi connectivity index (χ0n) is 11.5. The highest BCUT2D eigenvalue weighted by Crippen LogP contribution is 2.40. The summed E-state index contributed by atoms with van der Waals surface area (Å²) in [5.74, 6) is -0.0911. The van der Waals surface area contributed by atoms with Gasteiger partial charge in [-0.15, -0.1) is 0 Å². The Kier molecular flexibility index (Phi) is 3.09. The number of hydrogen-bond donors (Lipinski definition) is 4. The molecule has 1 aliphatic rings. The number of nitrogens with one attached hydrogen (secondary N) is 3. The number of hydrogen-bond acceptors (Lipinski definition) is 4. The molecule has 21 heavy (non-hydrogen) atoms. The number of benzene rings is 1. The first-order valence-electron chi connectivity index (χ1n) is 6.70. The zero-order chi connectivity index (χ0) is 15.0. The molecule has 0 saturated heterocycles. The summed E-state index contributed by atoms with van der Waals surface area (Å²) >= 11 is 0. The number of carbonyl (C=O) groups is 2. The summed E-state index contributed by atoms with van der Waals surface area (Å²) in [7, 11) is 0. The minimum atomic E-state index is -0.719. The number of hydrazine groups is 1. The van der Waals surface area contributed by atoms with Gasteiger partial charge in [-0.1, -0.05) is 25.5 Å². The lowest BCUT2D eigenvalue weighted by atomic mass is 10.1. The summed E-state index contributed by atoms with van der Waals surface area (Å²) in [5, 5.41) is 7.19. The average Bonchev–Trinajstić information content (AvgIpc) is 2.99. The van der Waals surface area contributed by atoms with Crippen LogP contribution in [0.3, 0.4) is 0 Å². The van der Waals surface area contributed by atoms with E-state index in [-0.39, 0.29) is 5.78 Å². The standard InChI is InChI=1S/C14H15N5O2/c1-2-4-8-11-12(18-16-8)7-5-3-6-9(10(7)13(11)20)17-19-14(15)21/h3,5-6,17H,2,4H2,1H3,(H,16,18)(H3,15,19,21). The van der Waals surface area contributed by atoms with E-state index in [9.17, 15) is 9.59 Å². The van der Waals surface area contributed by atoms with Crippen LogP contribution in [0.25, 0.3) is 11.3 Å². The van der Waals surface area contributed by atoms with E-state index in [4.69, 9.17) is 5.73 Å². The number of nitrogens with zero attached hydrogens (tertiary/aromatic N) is 1. The van der Waals surface area contributed by atoms with Gasteiger partial charge in [0.2, 0.25) is 0 Å². The quantitative estimate of drug-likeness (QED) is 0.545.